The van der Waals surface area contributed by atoms with Crippen molar-refractivity contribution < 1.29 is 9.47 Å². The second-order valence-electron chi connectivity index (χ2n) is 6.70. The molecule has 0 unspecified atom stereocenters. The van der Waals surface area contributed by atoms with Crippen molar-refractivity contribution in [2.45, 2.75) is 32.2 Å². The molecule has 4 nitrogen and oxygen atoms in total. The first-order valence-electron chi connectivity index (χ1n) is 9.00. The van der Waals surface area contributed by atoms with Gasteiger partial charge in [-0.05, 0) is 73.2 Å². The zero-order valence-corrected chi connectivity index (χ0v) is 15.3. The fraction of sp³-hybridized carbons (Fsp3) is 0.429. The molecule has 134 valence electrons. The van der Waals surface area contributed by atoms with E-state index in [4.69, 9.17) is 15.2 Å². The molecule has 0 saturated carbocycles. The van der Waals surface area contributed by atoms with Crippen molar-refractivity contribution in [3.63, 3.8) is 0 Å². The topological polar surface area (TPSA) is 47.7 Å². The number of aryl methyl sites for hydroxylation is 1. The molecule has 4 heteroatoms. The number of anilines is 1. The molecule has 0 aromatic heterocycles. The van der Waals surface area contributed by atoms with Gasteiger partial charge in [-0.25, -0.2) is 0 Å². The number of nitrogens with zero attached hydrogens (tertiary/aromatic N) is 1. The van der Waals surface area contributed by atoms with Crippen molar-refractivity contribution in [3.05, 3.63) is 53.1 Å². The van der Waals surface area contributed by atoms with Gasteiger partial charge in [0.25, 0.3) is 0 Å². The number of nitrogens with two attached hydrogens (primary N) is 1. The Morgan fingerprint density at radius 3 is 2.32 bits per heavy atom. The summed E-state index contributed by atoms with van der Waals surface area (Å²) in [4.78, 5) is 2.54. The Labute approximate surface area is 150 Å². The molecule has 0 fully saturated rings. The number of nitrogen functional groups attached to an aromatic ring is 1. The van der Waals surface area contributed by atoms with E-state index in [0.717, 1.165) is 49.7 Å². The summed E-state index contributed by atoms with van der Waals surface area (Å²) in [6, 6.07) is 12.5. The van der Waals surface area contributed by atoms with Crippen LogP contribution in [0.3, 0.4) is 0 Å². The van der Waals surface area contributed by atoms with Gasteiger partial charge in [-0.15, -0.1) is 0 Å². The minimum atomic E-state index is 0.825. The molecule has 1 heterocycles. The van der Waals surface area contributed by atoms with Crippen molar-refractivity contribution in [1.82, 2.24) is 4.90 Å². The molecule has 3 rings (SSSR count). The molecule has 0 bridgehead atoms. The molecular weight excluding hydrogens is 312 g/mol. The van der Waals surface area contributed by atoms with Crippen LogP contribution in [0.15, 0.2) is 36.4 Å². The Kier molecular flexibility index (Phi) is 5.82. The minimum absolute atomic E-state index is 0.825. The third-order valence-electron chi connectivity index (χ3n) is 4.97. The predicted octanol–water partition coefficient (Wildman–Crippen LogP) is 3.67. The normalized spacial score (nSPS) is 14.2. The smallest absolute Gasteiger partial charge is 0.161 e. The Bertz CT molecular complexity index is 698. The first kappa shape index (κ1) is 17.6. The SMILES string of the molecule is COc1cc2c(cc1OC)CN(CCCCc1ccc(N)cc1)CC2. The second-order valence-corrected chi connectivity index (χ2v) is 6.70. The van der Waals surface area contributed by atoms with Crippen LogP contribution in [0.1, 0.15) is 29.5 Å². The molecule has 0 aliphatic carbocycles. The first-order valence-corrected chi connectivity index (χ1v) is 9.00. The maximum Gasteiger partial charge on any atom is 0.161 e. The van der Waals surface area contributed by atoms with Crippen molar-refractivity contribution in [2.24, 2.45) is 0 Å². The number of benzene rings is 2. The van der Waals surface area contributed by atoms with Crippen LogP contribution in [0.5, 0.6) is 11.5 Å². The maximum absolute atomic E-state index is 5.73. The Morgan fingerprint density at radius 1 is 0.960 bits per heavy atom. The highest BCUT2D eigenvalue weighted by Gasteiger charge is 2.19. The van der Waals surface area contributed by atoms with E-state index in [1.54, 1.807) is 14.2 Å². The summed E-state index contributed by atoms with van der Waals surface area (Å²) in [6.45, 7) is 3.25. The molecule has 25 heavy (non-hydrogen) atoms. The third kappa shape index (κ3) is 4.45. The number of methoxy groups -OCH3 is 2. The van der Waals surface area contributed by atoms with Gasteiger partial charge < -0.3 is 15.2 Å². The summed E-state index contributed by atoms with van der Waals surface area (Å²) in [5.74, 6) is 1.66. The maximum atomic E-state index is 5.73. The average Bonchev–Trinajstić information content (AvgIpc) is 2.65. The molecule has 2 aromatic carbocycles. The minimum Gasteiger partial charge on any atom is -0.493 e. The zero-order valence-electron chi connectivity index (χ0n) is 15.3. The van der Waals surface area contributed by atoms with Gasteiger partial charge in [-0.1, -0.05) is 12.1 Å². The number of hydrogen-bond acceptors (Lipinski definition) is 4. The van der Waals surface area contributed by atoms with E-state index in [1.807, 2.05) is 12.1 Å². The van der Waals surface area contributed by atoms with Crippen LogP contribution >= 0.6 is 0 Å². The predicted molar refractivity (Wildman–Crippen MR) is 102 cm³/mol. The van der Waals surface area contributed by atoms with Gasteiger partial charge in [-0.2, -0.15) is 0 Å². The van der Waals surface area contributed by atoms with E-state index in [2.05, 4.69) is 29.2 Å². The summed E-state index contributed by atoms with van der Waals surface area (Å²) in [5, 5.41) is 0. The van der Waals surface area contributed by atoms with E-state index in [-0.39, 0.29) is 0 Å². The fourth-order valence-corrected chi connectivity index (χ4v) is 3.48. The van der Waals surface area contributed by atoms with Crippen LogP contribution in [0.25, 0.3) is 0 Å². The number of unbranched alkanes of at least 4 members (excludes halogenated alkanes) is 1. The summed E-state index contributed by atoms with van der Waals surface area (Å²) in [5.41, 5.74) is 10.7. The molecule has 1 aliphatic heterocycles. The number of hydrogen-bond donors (Lipinski definition) is 1. The first-order chi connectivity index (χ1) is 12.2. The lowest BCUT2D eigenvalue weighted by Crippen LogP contribution is -2.31. The van der Waals surface area contributed by atoms with E-state index in [1.165, 1.54) is 29.5 Å². The zero-order chi connectivity index (χ0) is 17.6. The molecule has 0 radical (unpaired) electrons. The van der Waals surface area contributed by atoms with Crippen molar-refractivity contribution >= 4 is 5.69 Å². The molecule has 0 spiro atoms. The summed E-state index contributed by atoms with van der Waals surface area (Å²) in [6.07, 6.45) is 4.62. The van der Waals surface area contributed by atoms with Gasteiger partial charge in [0.2, 0.25) is 0 Å². The molecule has 0 atom stereocenters. The van der Waals surface area contributed by atoms with Gasteiger partial charge in [0, 0.05) is 18.8 Å². The lowest BCUT2D eigenvalue weighted by molar-refractivity contribution is 0.247. The summed E-state index contributed by atoms with van der Waals surface area (Å²) < 4.78 is 10.9. The second kappa shape index (κ2) is 8.26. The van der Waals surface area contributed by atoms with E-state index >= 15 is 0 Å². The average molecular weight is 340 g/mol. The molecule has 0 amide bonds. The standard InChI is InChI=1S/C21H28N2O2/c1-24-20-13-17-10-12-23(15-18(17)14-21(20)25-2)11-4-3-5-16-6-8-19(22)9-7-16/h6-9,13-14H,3-5,10-12,15,22H2,1-2H3. The molecule has 1 aliphatic rings. The van der Waals surface area contributed by atoms with E-state index in [0.29, 0.717) is 0 Å². The van der Waals surface area contributed by atoms with Gasteiger partial charge in [0.1, 0.15) is 0 Å². The summed E-state index contributed by atoms with van der Waals surface area (Å²) in [7, 11) is 3.39. The van der Waals surface area contributed by atoms with Crippen molar-refractivity contribution in [2.75, 3.05) is 33.0 Å². The van der Waals surface area contributed by atoms with Gasteiger partial charge in [-0.3, -0.25) is 4.90 Å². The lowest BCUT2D eigenvalue weighted by atomic mass is 9.98. The number of rotatable bonds is 7. The van der Waals surface area contributed by atoms with Crippen LogP contribution < -0.4 is 15.2 Å². The quantitative estimate of drug-likeness (QED) is 0.617. The monoisotopic (exact) mass is 340 g/mol. The lowest BCUT2D eigenvalue weighted by Gasteiger charge is -2.29. The van der Waals surface area contributed by atoms with Gasteiger partial charge in [0.15, 0.2) is 11.5 Å². The van der Waals surface area contributed by atoms with Gasteiger partial charge >= 0.3 is 0 Å². The van der Waals surface area contributed by atoms with Crippen LogP contribution in [-0.4, -0.2) is 32.2 Å². The Balaban J connectivity index is 1.50. The Hall–Kier alpha value is -2.20. The highest BCUT2D eigenvalue weighted by Crippen LogP contribution is 2.33. The van der Waals surface area contributed by atoms with Crippen LogP contribution in [0.2, 0.25) is 0 Å². The van der Waals surface area contributed by atoms with E-state index in [9.17, 15) is 0 Å². The molecular formula is C21H28N2O2. The molecule has 2 N–H and O–H groups in total. The number of fused-ring (bicyclic) bond motifs is 1. The summed E-state index contributed by atoms with van der Waals surface area (Å²) >= 11 is 0. The van der Waals surface area contributed by atoms with Crippen molar-refractivity contribution in [3.8, 4) is 11.5 Å². The highest BCUT2D eigenvalue weighted by atomic mass is 16.5. The fourth-order valence-electron chi connectivity index (χ4n) is 3.48. The molecule has 2 aromatic rings. The van der Waals surface area contributed by atoms with Crippen LogP contribution in [0.4, 0.5) is 5.69 Å². The Morgan fingerprint density at radius 2 is 1.64 bits per heavy atom. The largest absolute Gasteiger partial charge is 0.493 e. The highest BCUT2D eigenvalue weighted by molar-refractivity contribution is 5.48. The van der Waals surface area contributed by atoms with E-state index < -0.39 is 0 Å². The third-order valence-corrected chi connectivity index (χ3v) is 4.97. The number of ether oxygens (including phenoxy) is 2. The van der Waals surface area contributed by atoms with Crippen LogP contribution in [-0.2, 0) is 19.4 Å². The molecule has 0 saturated heterocycles. The van der Waals surface area contributed by atoms with Gasteiger partial charge in [0.05, 0.1) is 14.2 Å². The van der Waals surface area contributed by atoms with Crippen molar-refractivity contribution in [1.29, 1.82) is 0 Å². The van der Waals surface area contributed by atoms with Crippen LogP contribution in [0, 0.1) is 0 Å².